The van der Waals surface area contributed by atoms with Gasteiger partial charge in [-0.25, -0.2) is 0 Å². The zero-order valence-corrected chi connectivity index (χ0v) is 21.3. The van der Waals surface area contributed by atoms with E-state index in [2.05, 4.69) is 15.6 Å². The van der Waals surface area contributed by atoms with Crippen molar-refractivity contribution in [2.45, 2.75) is 50.2 Å². The predicted octanol–water partition coefficient (Wildman–Crippen LogP) is 2.34. The van der Waals surface area contributed by atoms with Gasteiger partial charge in [0.25, 0.3) is 0 Å². The molecule has 1 fully saturated rings. The van der Waals surface area contributed by atoms with Crippen LogP contribution < -0.4 is 15.0 Å². The van der Waals surface area contributed by atoms with E-state index in [0.717, 1.165) is 23.2 Å². The number of aryl methyl sites for hydroxylation is 1. The third-order valence-corrected chi connectivity index (χ3v) is 7.87. The van der Waals surface area contributed by atoms with E-state index in [1.807, 2.05) is 54.7 Å². The largest absolute Gasteiger partial charge is 0.494 e. The number of nitrogens with zero attached hydrogens (tertiary/aromatic N) is 5. The van der Waals surface area contributed by atoms with Gasteiger partial charge in [0.05, 0.1) is 25.4 Å². The van der Waals surface area contributed by atoms with Crippen LogP contribution >= 0.6 is 0 Å². The van der Waals surface area contributed by atoms with Gasteiger partial charge >= 0.3 is 0 Å². The number of rotatable bonds is 3. The molecule has 1 saturated heterocycles. The normalized spacial score (nSPS) is 22.1. The van der Waals surface area contributed by atoms with Crippen LogP contribution in [0.5, 0.6) is 5.75 Å². The lowest BCUT2D eigenvalue weighted by Gasteiger charge is -2.35. The molecular formula is C28H30N6O4. The number of fused-ring (bicyclic) bond motifs is 8. The Morgan fingerprint density at radius 3 is 2.87 bits per heavy atom. The Kier molecular flexibility index (Phi) is 6.09. The van der Waals surface area contributed by atoms with Gasteiger partial charge in [0.2, 0.25) is 17.7 Å². The van der Waals surface area contributed by atoms with E-state index >= 15 is 0 Å². The van der Waals surface area contributed by atoms with Gasteiger partial charge in [0.1, 0.15) is 16.9 Å². The van der Waals surface area contributed by atoms with Crippen LogP contribution in [0.25, 0.3) is 0 Å². The van der Waals surface area contributed by atoms with Crippen LogP contribution in [0.1, 0.15) is 48.5 Å². The van der Waals surface area contributed by atoms with Crippen molar-refractivity contribution in [1.82, 2.24) is 25.2 Å². The molecule has 0 radical (unpaired) electrons. The maximum absolute atomic E-state index is 14.5. The van der Waals surface area contributed by atoms with Gasteiger partial charge in [-0.2, -0.15) is 0 Å². The van der Waals surface area contributed by atoms with Gasteiger partial charge in [-0.3, -0.25) is 19.1 Å². The molecule has 3 amide bonds. The summed E-state index contributed by atoms with van der Waals surface area (Å²) in [6.45, 7) is 1.85. The zero-order valence-electron chi connectivity index (χ0n) is 21.3. The maximum atomic E-state index is 14.5. The Hall–Kier alpha value is -4.21. The quantitative estimate of drug-likeness (QED) is 0.575. The molecular weight excluding hydrogens is 484 g/mol. The minimum Gasteiger partial charge on any atom is -0.494 e. The van der Waals surface area contributed by atoms with Crippen LogP contribution in [0, 0.1) is 0 Å². The molecule has 6 bridgehead atoms. The van der Waals surface area contributed by atoms with Crippen LogP contribution in [0.15, 0.2) is 54.7 Å². The first-order valence-corrected chi connectivity index (χ1v) is 13.0. The fourth-order valence-corrected chi connectivity index (χ4v) is 6.14. The van der Waals surface area contributed by atoms with E-state index in [0.29, 0.717) is 44.1 Å². The Balaban J connectivity index is 1.49. The SMILES string of the molecule is CNC(=O)CCC(=O)N1CC[C@]23C(=O)N(Cc4cn(nn4)CCCOc4cccc(c4)[C@H]12)c1ccccc13. The van der Waals surface area contributed by atoms with Crippen LogP contribution in [0.4, 0.5) is 5.69 Å². The number of anilines is 1. The average Bonchev–Trinajstić information content (AvgIpc) is 3.62. The predicted molar refractivity (Wildman–Crippen MR) is 138 cm³/mol. The molecule has 10 heteroatoms. The molecule has 2 aromatic carbocycles. The highest BCUT2D eigenvalue weighted by molar-refractivity contribution is 6.09. The molecule has 0 unspecified atom stereocenters. The molecule has 3 aromatic rings. The molecule has 6 rings (SSSR count). The fraction of sp³-hybridized carbons (Fsp3) is 0.393. The minimum atomic E-state index is -0.964. The number of ether oxygens (including phenoxy) is 1. The van der Waals surface area contributed by atoms with Crippen molar-refractivity contribution in [3.8, 4) is 5.75 Å². The number of nitrogens with one attached hydrogen (secondary N) is 1. The van der Waals surface area contributed by atoms with Crippen molar-refractivity contribution in [2.75, 3.05) is 25.1 Å². The molecule has 1 spiro atoms. The number of amides is 3. The second kappa shape index (κ2) is 9.59. The van der Waals surface area contributed by atoms with Crippen molar-refractivity contribution in [2.24, 2.45) is 0 Å². The van der Waals surface area contributed by atoms with Gasteiger partial charge in [0.15, 0.2) is 0 Å². The number of likely N-dealkylation sites (tertiary alicyclic amines) is 1. The molecule has 3 aliphatic rings. The monoisotopic (exact) mass is 514 g/mol. The lowest BCUT2D eigenvalue weighted by Crippen LogP contribution is -2.45. The van der Waals surface area contributed by atoms with E-state index in [4.69, 9.17) is 4.74 Å². The Labute approximate surface area is 220 Å². The number of hydrogen-bond donors (Lipinski definition) is 1. The average molecular weight is 515 g/mol. The van der Waals surface area contributed by atoms with Crippen LogP contribution in [-0.2, 0) is 32.9 Å². The van der Waals surface area contributed by atoms with E-state index in [1.165, 1.54) is 0 Å². The van der Waals surface area contributed by atoms with Gasteiger partial charge in [-0.05, 0) is 35.7 Å². The molecule has 10 nitrogen and oxygen atoms in total. The number of hydrogen-bond acceptors (Lipinski definition) is 6. The van der Waals surface area contributed by atoms with Crippen LogP contribution in [0.3, 0.4) is 0 Å². The third-order valence-electron chi connectivity index (χ3n) is 7.87. The number of carbonyl (C=O) groups excluding carboxylic acids is 3. The second-order valence-electron chi connectivity index (χ2n) is 10.0. The van der Waals surface area contributed by atoms with E-state index in [1.54, 1.807) is 21.5 Å². The maximum Gasteiger partial charge on any atom is 0.240 e. The van der Waals surface area contributed by atoms with Gasteiger partial charge in [0, 0.05) is 45.1 Å². The van der Waals surface area contributed by atoms with Crippen molar-refractivity contribution in [3.05, 3.63) is 71.5 Å². The van der Waals surface area contributed by atoms with E-state index in [-0.39, 0.29) is 30.6 Å². The van der Waals surface area contributed by atoms with E-state index < -0.39 is 11.5 Å². The highest BCUT2D eigenvalue weighted by Gasteiger charge is 2.61. The lowest BCUT2D eigenvalue weighted by molar-refractivity contribution is -0.135. The Morgan fingerprint density at radius 1 is 1.13 bits per heavy atom. The summed E-state index contributed by atoms with van der Waals surface area (Å²) in [5, 5.41) is 11.2. The van der Waals surface area contributed by atoms with E-state index in [9.17, 15) is 14.4 Å². The minimum absolute atomic E-state index is 0.0546. The first-order chi connectivity index (χ1) is 18.5. The summed E-state index contributed by atoms with van der Waals surface area (Å²) in [6, 6.07) is 15.0. The highest BCUT2D eigenvalue weighted by atomic mass is 16.5. The number of para-hydroxylation sites is 1. The van der Waals surface area contributed by atoms with Crippen molar-refractivity contribution in [3.63, 3.8) is 0 Å². The molecule has 1 aromatic heterocycles. The molecule has 0 aliphatic carbocycles. The van der Waals surface area contributed by atoms with Gasteiger partial charge < -0.3 is 19.9 Å². The summed E-state index contributed by atoms with van der Waals surface area (Å²) in [7, 11) is 1.56. The molecule has 196 valence electrons. The molecule has 2 atom stereocenters. The smallest absolute Gasteiger partial charge is 0.240 e. The molecule has 3 aliphatic heterocycles. The Bertz CT molecular complexity index is 1400. The van der Waals surface area contributed by atoms with Crippen molar-refractivity contribution < 1.29 is 19.1 Å². The molecule has 1 N–H and O–H groups in total. The lowest BCUT2D eigenvalue weighted by atomic mass is 9.72. The summed E-state index contributed by atoms with van der Waals surface area (Å²) < 4.78 is 7.85. The zero-order chi connectivity index (χ0) is 26.3. The van der Waals surface area contributed by atoms with Crippen molar-refractivity contribution >= 4 is 23.4 Å². The summed E-state index contributed by atoms with van der Waals surface area (Å²) in [6.07, 6.45) is 3.27. The van der Waals surface area contributed by atoms with Crippen LogP contribution in [-0.4, -0.2) is 57.8 Å². The summed E-state index contributed by atoms with van der Waals surface area (Å²) in [5.74, 6) is 0.297. The van der Waals surface area contributed by atoms with Gasteiger partial charge in [-0.1, -0.05) is 35.5 Å². The number of aromatic nitrogens is 3. The molecule has 4 heterocycles. The molecule has 38 heavy (non-hydrogen) atoms. The summed E-state index contributed by atoms with van der Waals surface area (Å²) in [5.41, 5.74) is 2.32. The molecule has 0 saturated carbocycles. The standard InChI is InChI=1S/C28H30N6O4/c1-29-24(35)10-11-25(36)33-14-12-28-22-8-2-3-9-23(22)34(27(28)37)18-20-17-32(31-30-20)13-5-15-38-21-7-4-6-19(16-21)26(28)33/h2-4,6-9,16-17,26H,5,10-15,18H2,1H3,(H,29,35)/t26-,28+/m0/s1. The number of benzene rings is 2. The third kappa shape index (κ3) is 3.91. The fourth-order valence-electron chi connectivity index (χ4n) is 6.14. The summed E-state index contributed by atoms with van der Waals surface area (Å²) >= 11 is 0. The first kappa shape index (κ1) is 24.1. The second-order valence-corrected chi connectivity index (χ2v) is 10.0. The first-order valence-electron chi connectivity index (χ1n) is 13.0. The van der Waals surface area contributed by atoms with Crippen molar-refractivity contribution in [1.29, 1.82) is 0 Å². The van der Waals surface area contributed by atoms with Gasteiger partial charge in [-0.15, -0.1) is 5.10 Å². The summed E-state index contributed by atoms with van der Waals surface area (Å²) in [4.78, 5) is 43.6. The highest BCUT2D eigenvalue weighted by Crippen LogP contribution is 2.57. The Morgan fingerprint density at radius 2 is 2.00 bits per heavy atom. The number of carbonyl (C=O) groups is 3. The topological polar surface area (TPSA) is 110 Å². The van der Waals surface area contributed by atoms with Crippen LogP contribution in [0.2, 0.25) is 0 Å².